The van der Waals surface area contributed by atoms with Crippen molar-refractivity contribution in [2.45, 2.75) is 24.3 Å². The average molecular weight is 306 g/mol. The second kappa shape index (κ2) is 6.73. The molecule has 1 atom stereocenters. The fourth-order valence-corrected chi connectivity index (χ4v) is 2.84. The van der Waals surface area contributed by atoms with E-state index in [0.717, 1.165) is 12.1 Å². The Morgan fingerprint density at radius 1 is 1.50 bits per heavy atom. The van der Waals surface area contributed by atoms with Crippen molar-refractivity contribution in [3.8, 4) is 0 Å². The predicted octanol–water partition coefficient (Wildman–Crippen LogP) is 1.44. The van der Waals surface area contributed by atoms with E-state index in [9.17, 15) is 22.9 Å². The van der Waals surface area contributed by atoms with E-state index in [1.54, 1.807) is 6.92 Å². The summed E-state index contributed by atoms with van der Waals surface area (Å²) in [6, 6.07) is 1.98. The van der Waals surface area contributed by atoms with Gasteiger partial charge in [0.1, 0.15) is 0 Å². The molecule has 1 aromatic rings. The molecular formula is C11H15FN2O5S. The molecule has 0 radical (unpaired) electrons. The lowest BCUT2D eigenvalue weighted by molar-refractivity contribution is -0.387. The maximum absolute atomic E-state index is 13.4. The van der Waals surface area contributed by atoms with Crippen LogP contribution in [0.2, 0.25) is 0 Å². The maximum Gasteiger partial charge on any atom is 0.304 e. The van der Waals surface area contributed by atoms with Gasteiger partial charge in [0.2, 0.25) is 15.8 Å². The number of nitro groups is 1. The van der Waals surface area contributed by atoms with Crippen molar-refractivity contribution < 1.29 is 22.5 Å². The molecule has 0 aliphatic heterocycles. The molecule has 1 N–H and O–H groups in total. The number of nitro benzene ring substituents is 1. The number of nitrogens with one attached hydrogen (secondary N) is 1. The van der Waals surface area contributed by atoms with E-state index in [1.165, 1.54) is 7.11 Å². The van der Waals surface area contributed by atoms with Crippen LogP contribution in [0.1, 0.15) is 13.3 Å². The molecule has 0 spiro atoms. The zero-order valence-electron chi connectivity index (χ0n) is 11.0. The van der Waals surface area contributed by atoms with E-state index in [1.807, 2.05) is 0 Å². The van der Waals surface area contributed by atoms with Crippen LogP contribution in [0, 0.1) is 15.9 Å². The van der Waals surface area contributed by atoms with Crippen LogP contribution in [0.4, 0.5) is 10.1 Å². The zero-order chi connectivity index (χ0) is 15.3. The van der Waals surface area contributed by atoms with Gasteiger partial charge < -0.3 is 4.74 Å². The Bertz CT molecular complexity index is 590. The van der Waals surface area contributed by atoms with Gasteiger partial charge in [0, 0.05) is 25.3 Å². The van der Waals surface area contributed by atoms with E-state index in [-0.39, 0.29) is 11.5 Å². The third-order valence-electron chi connectivity index (χ3n) is 2.61. The highest BCUT2D eigenvalue weighted by molar-refractivity contribution is 7.89. The highest BCUT2D eigenvalue weighted by Crippen LogP contribution is 2.21. The smallest absolute Gasteiger partial charge is 0.304 e. The number of halogens is 1. The van der Waals surface area contributed by atoms with Crippen LogP contribution < -0.4 is 4.72 Å². The van der Waals surface area contributed by atoms with Gasteiger partial charge in [-0.1, -0.05) is 6.92 Å². The molecule has 0 aliphatic rings. The first-order valence-corrected chi connectivity index (χ1v) is 7.25. The second-order valence-corrected chi connectivity index (χ2v) is 5.77. The van der Waals surface area contributed by atoms with Crippen molar-refractivity contribution in [1.29, 1.82) is 0 Å². The van der Waals surface area contributed by atoms with Crippen LogP contribution in [0.25, 0.3) is 0 Å². The molecule has 9 heteroatoms. The standard InChI is InChI=1S/C11H15FN2O5S/c1-3-8(7-19-2)13-20(17,18)9-4-5-11(14(15)16)10(12)6-9/h4-6,8,13H,3,7H2,1-2H3. The monoisotopic (exact) mass is 306 g/mol. The first-order chi connectivity index (χ1) is 9.31. The van der Waals surface area contributed by atoms with Crippen LogP contribution in [0.15, 0.2) is 23.1 Å². The Kier molecular flexibility index (Phi) is 5.54. The topological polar surface area (TPSA) is 98.5 Å². The molecule has 0 saturated carbocycles. The predicted molar refractivity (Wildman–Crippen MR) is 69.3 cm³/mol. The quantitative estimate of drug-likeness (QED) is 0.607. The summed E-state index contributed by atoms with van der Waals surface area (Å²) in [5.74, 6) is -1.20. The summed E-state index contributed by atoms with van der Waals surface area (Å²) in [5, 5.41) is 10.5. The minimum atomic E-state index is -3.95. The first-order valence-electron chi connectivity index (χ1n) is 5.77. The number of sulfonamides is 1. The number of ether oxygens (including phenoxy) is 1. The summed E-state index contributed by atoms with van der Waals surface area (Å²) in [5.41, 5.74) is -0.770. The van der Waals surface area contributed by atoms with Crippen molar-refractivity contribution >= 4 is 15.7 Å². The van der Waals surface area contributed by atoms with Crippen molar-refractivity contribution in [3.05, 3.63) is 34.1 Å². The number of benzene rings is 1. The molecule has 0 aliphatic carbocycles. The first kappa shape index (κ1) is 16.5. The van der Waals surface area contributed by atoms with E-state index >= 15 is 0 Å². The summed E-state index contributed by atoms with van der Waals surface area (Å²) in [4.78, 5) is 9.19. The number of hydrogen-bond donors (Lipinski definition) is 1. The lowest BCUT2D eigenvalue weighted by Crippen LogP contribution is -2.37. The minimum Gasteiger partial charge on any atom is -0.383 e. The Balaban J connectivity index is 3.04. The van der Waals surface area contributed by atoms with Crippen LogP contribution in [0.5, 0.6) is 0 Å². The van der Waals surface area contributed by atoms with E-state index < -0.39 is 32.5 Å². The van der Waals surface area contributed by atoms with Crippen molar-refractivity contribution in [2.75, 3.05) is 13.7 Å². The molecule has 1 aromatic carbocycles. The number of hydrogen-bond acceptors (Lipinski definition) is 5. The summed E-state index contributed by atoms with van der Waals surface area (Å²) in [7, 11) is -2.52. The molecule has 0 bridgehead atoms. The van der Waals surface area contributed by atoms with Crippen LogP contribution in [-0.4, -0.2) is 33.1 Å². The molecule has 1 rings (SSSR count). The molecular weight excluding hydrogens is 291 g/mol. The minimum absolute atomic E-state index is 0.172. The summed E-state index contributed by atoms with van der Waals surface area (Å²) < 4.78 is 44.7. The number of nitrogens with zero attached hydrogens (tertiary/aromatic N) is 1. The Hall–Kier alpha value is -1.58. The van der Waals surface area contributed by atoms with Crippen LogP contribution in [0.3, 0.4) is 0 Å². The maximum atomic E-state index is 13.4. The summed E-state index contributed by atoms with van der Waals surface area (Å²) in [6.45, 7) is 1.94. The van der Waals surface area contributed by atoms with Gasteiger partial charge in [-0.05, 0) is 12.5 Å². The van der Waals surface area contributed by atoms with E-state index in [2.05, 4.69) is 4.72 Å². The number of methoxy groups -OCH3 is 1. The normalized spacial score (nSPS) is 13.2. The second-order valence-electron chi connectivity index (χ2n) is 4.05. The largest absolute Gasteiger partial charge is 0.383 e. The molecule has 0 aromatic heterocycles. The van der Waals surface area contributed by atoms with Crippen LogP contribution in [-0.2, 0) is 14.8 Å². The van der Waals surface area contributed by atoms with Gasteiger partial charge in [-0.3, -0.25) is 10.1 Å². The van der Waals surface area contributed by atoms with Crippen LogP contribution >= 0.6 is 0 Å². The van der Waals surface area contributed by atoms with Crippen molar-refractivity contribution in [3.63, 3.8) is 0 Å². The molecule has 0 saturated heterocycles. The van der Waals surface area contributed by atoms with Gasteiger partial charge in [-0.15, -0.1) is 0 Å². The molecule has 0 amide bonds. The van der Waals surface area contributed by atoms with Crippen molar-refractivity contribution in [2.24, 2.45) is 0 Å². The van der Waals surface area contributed by atoms with Gasteiger partial charge in [0.15, 0.2) is 0 Å². The molecule has 0 heterocycles. The molecule has 7 nitrogen and oxygen atoms in total. The van der Waals surface area contributed by atoms with Gasteiger partial charge in [0.05, 0.1) is 16.4 Å². The van der Waals surface area contributed by atoms with E-state index in [4.69, 9.17) is 4.74 Å². The lowest BCUT2D eigenvalue weighted by Gasteiger charge is -2.16. The highest BCUT2D eigenvalue weighted by atomic mass is 32.2. The van der Waals surface area contributed by atoms with Gasteiger partial charge in [-0.2, -0.15) is 4.39 Å². The average Bonchev–Trinajstić information content (AvgIpc) is 2.37. The summed E-state index contributed by atoms with van der Waals surface area (Å²) in [6.07, 6.45) is 0.489. The number of rotatable bonds is 7. The van der Waals surface area contributed by atoms with Gasteiger partial charge in [-0.25, -0.2) is 13.1 Å². The van der Waals surface area contributed by atoms with E-state index in [0.29, 0.717) is 12.5 Å². The summed E-state index contributed by atoms with van der Waals surface area (Å²) >= 11 is 0. The SMILES string of the molecule is CCC(COC)NS(=O)(=O)c1ccc([N+](=O)[O-])c(F)c1. The fraction of sp³-hybridized carbons (Fsp3) is 0.455. The van der Waals surface area contributed by atoms with Crippen molar-refractivity contribution in [1.82, 2.24) is 4.72 Å². The fourth-order valence-electron chi connectivity index (χ4n) is 1.53. The Labute approximate surface area is 115 Å². The Morgan fingerprint density at radius 3 is 2.60 bits per heavy atom. The molecule has 112 valence electrons. The molecule has 20 heavy (non-hydrogen) atoms. The third-order valence-corrected chi connectivity index (χ3v) is 4.13. The lowest BCUT2D eigenvalue weighted by atomic mass is 10.3. The molecule has 0 fully saturated rings. The third kappa shape index (κ3) is 3.95. The highest BCUT2D eigenvalue weighted by Gasteiger charge is 2.22. The molecule has 1 unspecified atom stereocenters. The zero-order valence-corrected chi connectivity index (χ0v) is 11.8. The van der Waals surface area contributed by atoms with Gasteiger partial charge in [0.25, 0.3) is 0 Å². The Morgan fingerprint density at radius 2 is 2.15 bits per heavy atom. The van der Waals surface area contributed by atoms with Gasteiger partial charge >= 0.3 is 5.69 Å².